The van der Waals surface area contributed by atoms with E-state index in [9.17, 15) is 4.79 Å². The van der Waals surface area contributed by atoms with Crippen LogP contribution < -0.4 is 5.56 Å². The number of hydrogen-bond acceptors (Lipinski definition) is 4. The van der Waals surface area contributed by atoms with Gasteiger partial charge in [0.25, 0.3) is 5.56 Å². The van der Waals surface area contributed by atoms with Crippen molar-refractivity contribution in [3.63, 3.8) is 0 Å². The van der Waals surface area contributed by atoms with E-state index in [1.165, 1.54) is 11.3 Å². The van der Waals surface area contributed by atoms with Crippen LogP contribution in [0.2, 0.25) is 0 Å². The number of benzene rings is 1. The fourth-order valence-electron chi connectivity index (χ4n) is 1.90. The van der Waals surface area contributed by atoms with Gasteiger partial charge in [-0.15, -0.1) is 0 Å². The van der Waals surface area contributed by atoms with Gasteiger partial charge in [0.1, 0.15) is 4.83 Å². The van der Waals surface area contributed by atoms with Gasteiger partial charge in [0.2, 0.25) is 0 Å². The molecular formula is C14H10N2OS2. The molecule has 1 aromatic carbocycles. The van der Waals surface area contributed by atoms with Crippen molar-refractivity contribution >= 4 is 33.8 Å². The summed E-state index contributed by atoms with van der Waals surface area (Å²) in [6.45, 7) is 0.500. The molecular weight excluding hydrogens is 276 g/mol. The molecule has 0 unspecified atom stereocenters. The second-order valence-corrected chi connectivity index (χ2v) is 5.72. The molecule has 0 amide bonds. The Morgan fingerprint density at radius 1 is 1.16 bits per heavy atom. The van der Waals surface area contributed by atoms with Crippen molar-refractivity contribution in [3.8, 4) is 0 Å². The Hall–Kier alpha value is -1.85. The summed E-state index contributed by atoms with van der Waals surface area (Å²) in [6.07, 6.45) is 1.68. The van der Waals surface area contributed by atoms with Crippen molar-refractivity contribution in [2.45, 2.75) is 6.54 Å². The Bertz CT molecular complexity index is 837. The SMILES string of the molecule is O=c1c2cccnc2sc(=S)n1Cc1ccccc1. The number of fused-ring (bicyclic) bond motifs is 1. The molecule has 0 aliphatic carbocycles. The standard InChI is InChI=1S/C14H10N2OS2/c17-13-11-7-4-8-15-12(11)19-14(18)16(13)9-10-5-2-1-3-6-10/h1-8H,9H2. The largest absolute Gasteiger partial charge is 0.286 e. The van der Waals surface area contributed by atoms with E-state index in [2.05, 4.69) is 4.98 Å². The smallest absolute Gasteiger partial charge is 0.262 e. The monoisotopic (exact) mass is 286 g/mol. The van der Waals surface area contributed by atoms with Crippen molar-refractivity contribution in [1.29, 1.82) is 0 Å². The highest BCUT2D eigenvalue weighted by molar-refractivity contribution is 7.73. The van der Waals surface area contributed by atoms with Gasteiger partial charge in [0.15, 0.2) is 3.95 Å². The molecule has 0 aliphatic rings. The van der Waals surface area contributed by atoms with Crippen molar-refractivity contribution in [2.75, 3.05) is 0 Å². The molecule has 3 aromatic rings. The van der Waals surface area contributed by atoms with E-state index in [0.717, 1.165) is 5.56 Å². The van der Waals surface area contributed by atoms with Crippen LogP contribution in [0.1, 0.15) is 5.56 Å². The number of hydrogen-bond donors (Lipinski definition) is 0. The highest BCUT2D eigenvalue weighted by atomic mass is 32.1. The lowest BCUT2D eigenvalue weighted by atomic mass is 10.2. The molecule has 0 fully saturated rings. The first-order chi connectivity index (χ1) is 9.25. The summed E-state index contributed by atoms with van der Waals surface area (Å²) >= 11 is 6.68. The van der Waals surface area contributed by atoms with Crippen LogP contribution in [-0.4, -0.2) is 9.55 Å². The van der Waals surface area contributed by atoms with Gasteiger partial charge < -0.3 is 0 Å². The Morgan fingerprint density at radius 2 is 1.95 bits per heavy atom. The highest BCUT2D eigenvalue weighted by Crippen LogP contribution is 2.14. The Kier molecular flexibility index (Phi) is 3.23. The van der Waals surface area contributed by atoms with Crippen molar-refractivity contribution in [3.05, 3.63) is 68.5 Å². The lowest BCUT2D eigenvalue weighted by Gasteiger charge is -2.06. The minimum Gasteiger partial charge on any atom is -0.286 e. The molecule has 3 rings (SSSR count). The van der Waals surface area contributed by atoms with Gasteiger partial charge in [0.05, 0.1) is 11.9 Å². The van der Waals surface area contributed by atoms with Gasteiger partial charge in [-0.3, -0.25) is 9.36 Å². The van der Waals surface area contributed by atoms with Crippen molar-refractivity contribution < 1.29 is 0 Å². The third-order valence-electron chi connectivity index (χ3n) is 2.83. The number of nitrogens with zero attached hydrogens (tertiary/aromatic N) is 2. The average molecular weight is 286 g/mol. The van der Waals surface area contributed by atoms with Gasteiger partial charge in [-0.1, -0.05) is 41.7 Å². The molecule has 0 aliphatic heterocycles. The molecule has 0 atom stereocenters. The van der Waals surface area contributed by atoms with E-state index in [0.29, 0.717) is 20.7 Å². The van der Waals surface area contributed by atoms with Crippen LogP contribution in [-0.2, 0) is 6.54 Å². The number of rotatable bonds is 2. The molecule has 94 valence electrons. The zero-order valence-electron chi connectivity index (χ0n) is 9.95. The van der Waals surface area contributed by atoms with E-state index in [1.54, 1.807) is 22.9 Å². The van der Waals surface area contributed by atoms with E-state index >= 15 is 0 Å². The molecule has 0 N–H and O–H groups in total. The van der Waals surface area contributed by atoms with Crippen LogP contribution in [0, 0.1) is 3.95 Å². The number of aromatic nitrogens is 2. The first-order valence-corrected chi connectivity index (χ1v) is 7.01. The molecule has 2 heterocycles. The summed E-state index contributed by atoms with van der Waals surface area (Å²) in [7, 11) is 0. The molecule has 0 saturated carbocycles. The normalized spacial score (nSPS) is 10.7. The summed E-state index contributed by atoms with van der Waals surface area (Å²) in [5.41, 5.74) is 0.988. The van der Waals surface area contributed by atoms with E-state index in [-0.39, 0.29) is 5.56 Å². The van der Waals surface area contributed by atoms with E-state index < -0.39 is 0 Å². The molecule has 0 saturated heterocycles. The minimum atomic E-state index is -0.0734. The lowest BCUT2D eigenvalue weighted by molar-refractivity contribution is 0.768. The fourth-order valence-corrected chi connectivity index (χ4v) is 3.09. The fraction of sp³-hybridized carbons (Fsp3) is 0.0714. The molecule has 5 heteroatoms. The zero-order chi connectivity index (χ0) is 13.2. The summed E-state index contributed by atoms with van der Waals surface area (Å²) < 4.78 is 2.18. The molecule has 0 spiro atoms. The summed E-state index contributed by atoms with van der Waals surface area (Å²) in [6, 6.07) is 13.4. The summed E-state index contributed by atoms with van der Waals surface area (Å²) in [5.74, 6) is 0. The first kappa shape index (κ1) is 12.2. The summed E-state index contributed by atoms with van der Waals surface area (Å²) in [5, 5.41) is 0.622. The molecule has 3 nitrogen and oxygen atoms in total. The maximum absolute atomic E-state index is 12.4. The predicted molar refractivity (Wildman–Crippen MR) is 80.3 cm³/mol. The maximum atomic E-state index is 12.4. The van der Waals surface area contributed by atoms with Crippen LogP contribution >= 0.6 is 23.6 Å². The second kappa shape index (κ2) is 5.03. The van der Waals surface area contributed by atoms with Crippen molar-refractivity contribution in [2.24, 2.45) is 0 Å². The lowest BCUT2D eigenvalue weighted by Crippen LogP contribution is -2.20. The molecule has 2 aromatic heterocycles. The second-order valence-electron chi connectivity index (χ2n) is 4.10. The topological polar surface area (TPSA) is 34.9 Å². The molecule has 0 radical (unpaired) electrons. The average Bonchev–Trinajstić information content (AvgIpc) is 2.45. The zero-order valence-corrected chi connectivity index (χ0v) is 11.6. The van der Waals surface area contributed by atoms with Gasteiger partial charge in [-0.05, 0) is 29.9 Å². The predicted octanol–water partition coefficient (Wildman–Crippen LogP) is 3.24. The van der Waals surface area contributed by atoms with Crippen LogP contribution in [0.5, 0.6) is 0 Å². The Morgan fingerprint density at radius 3 is 2.74 bits per heavy atom. The Balaban J connectivity index is 2.19. The van der Waals surface area contributed by atoms with Gasteiger partial charge >= 0.3 is 0 Å². The van der Waals surface area contributed by atoms with Crippen LogP contribution in [0.25, 0.3) is 10.2 Å². The van der Waals surface area contributed by atoms with Gasteiger partial charge in [0, 0.05) is 6.20 Å². The van der Waals surface area contributed by atoms with Crippen LogP contribution in [0.3, 0.4) is 0 Å². The molecule has 19 heavy (non-hydrogen) atoms. The highest BCUT2D eigenvalue weighted by Gasteiger charge is 2.06. The summed E-state index contributed by atoms with van der Waals surface area (Å²) in [4.78, 5) is 17.3. The quantitative estimate of drug-likeness (QED) is 0.678. The van der Waals surface area contributed by atoms with Crippen LogP contribution in [0.4, 0.5) is 0 Å². The Labute approximate surface area is 118 Å². The van der Waals surface area contributed by atoms with Gasteiger partial charge in [-0.2, -0.15) is 0 Å². The molecule has 0 bridgehead atoms. The maximum Gasteiger partial charge on any atom is 0.262 e. The van der Waals surface area contributed by atoms with E-state index in [4.69, 9.17) is 12.2 Å². The third-order valence-corrected chi connectivity index (χ3v) is 4.22. The first-order valence-electron chi connectivity index (χ1n) is 5.78. The van der Waals surface area contributed by atoms with Gasteiger partial charge in [-0.25, -0.2) is 4.98 Å². The van der Waals surface area contributed by atoms with Crippen LogP contribution in [0.15, 0.2) is 53.5 Å². The third kappa shape index (κ3) is 2.34. The van der Waals surface area contributed by atoms with E-state index in [1.807, 2.05) is 30.3 Å². The van der Waals surface area contributed by atoms with Crippen molar-refractivity contribution in [1.82, 2.24) is 9.55 Å². The number of pyridine rings is 1. The minimum absolute atomic E-state index is 0.0734.